The number of carbonyl (C=O) groups is 2. The molecule has 0 bridgehead atoms. The number of nitrogens with zero attached hydrogens (tertiary/aromatic N) is 3. The van der Waals surface area contributed by atoms with E-state index in [1.54, 1.807) is 12.1 Å². The van der Waals surface area contributed by atoms with Crippen molar-refractivity contribution in [2.24, 2.45) is 9.98 Å². The largest absolute Gasteiger partial charge is 0.479 e. The lowest BCUT2D eigenvalue weighted by Crippen LogP contribution is -2.37. The second-order valence-electron chi connectivity index (χ2n) is 5.25. The van der Waals surface area contributed by atoms with Gasteiger partial charge in [-0.25, -0.2) is 9.98 Å². The number of carbonyl (C=O) groups excluding carboxylic acids is 2. The van der Waals surface area contributed by atoms with Gasteiger partial charge in [0, 0.05) is 10.8 Å². The van der Waals surface area contributed by atoms with Gasteiger partial charge in [-0.1, -0.05) is 12.1 Å². The summed E-state index contributed by atoms with van der Waals surface area (Å²) in [7, 11) is 0. The smallest absolute Gasteiger partial charge is 0.339 e. The van der Waals surface area contributed by atoms with Gasteiger partial charge in [-0.15, -0.1) is 0 Å². The molecule has 1 aliphatic carbocycles. The van der Waals surface area contributed by atoms with E-state index in [1.807, 2.05) is 12.1 Å². The molecular weight excluding hydrogens is 282 g/mol. The third-order valence-electron chi connectivity index (χ3n) is 3.83. The summed E-state index contributed by atoms with van der Waals surface area (Å²) in [5, 5.41) is 2.54. The molecule has 3 aliphatic rings. The fourth-order valence-corrected chi connectivity index (χ4v) is 2.68. The zero-order chi connectivity index (χ0) is 14.8. The van der Waals surface area contributed by atoms with Crippen LogP contribution in [0.2, 0.25) is 0 Å². The van der Waals surface area contributed by atoms with Crippen LogP contribution in [-0.4, -0.2) is 16.8 Å². The number of hydrogen-bond acceptors (Lipinski definition) is 4. The SMILES string of the molecule is O=C1N=c2ccc(C3C=c4ccc5c(c4O3)C=5)nc2=NC1=O. The van der Waals surface area contributed by atoms with Gasteiger partial charge in [0.2, 0.25) is 0 Å². The van der Waals surface area contributed by atoms with E-state index in [2.05, 4.69) is 27.1 Å². The summed E-state index contributed by atoms with van der Waals surface area (Å²) in [5.41, 5.74) is 1.93. The van der Waals surface area contributed by atoms with Crippen LogP contribution in [0, 0.1) is 0 Å². The Labute approximate surface area is 122 Å². The third-order valence-corrected chi connectivity index (χ3v) is 3.83. The Morgan fingerprint density at radius 3 is 2.68 bits per heavy atom. The Hall–Kier alpha value is -3.15. The normalized spacial score (nSPS) is 19.5. The molecule has 2 aromatic rings. The van der Waals surface area contributed by atoms with E-state index in [-0.39, 0.29) is 11.6 Å². The van der Waals surface area contributed by atoms with Crippen molar-refractivity contribution in [1.82, 2.24) is 4.98 Å². The van der Waals surface area contributed by atoms with Crippen molar-refractivity contribution < 1.29 is 14.3 Å². The molecule has 0 spiro atoms. The molecule has 0 saturated carbocycles. The maximum Gasteiger partial charge on any atom is 0.339 e. The number of aromatic nitrogens is 1. The molecule has 0 fully saturated rings. The Bertz CT molecular complexity index is 1150. The fraction of sp³-hybridized carbons (Fsp3) is 0.0625. The Morgan fingerprint density at radius 1 is 0.955 bits per heavy atom. The number of pyridine rings is 1. The van der Waals surface area contributed by atoms with Crippen LogP contribution in [0.25, 0.3) is 12.2 Å². The summed E-state index contributed by atoms with van der Waals surface area (Å²) in [6.45, 7) is 0. The number of ether oxygens (including phenoxy) is 1. The third kappa shape index (κ3) is 1.52. The summed E-state index contributed by atoms with van der Waals surface area (Å²) in [5.74, 6) is -0.886. The maximum atomic E-state index is 11.3. The zero-order valence-corrected chi connectivity index (χ0v) is 11.1. The van der Waals surface area contributed by atoms with Crippen LogP contribution < -0.4 is 26.0 Å². The molecule has 2 aliphatic heterocycles. The van der Waals surface area contributed by atoms with Crippen molar-refractivity contribution in [3.8, 4) is 5.75 Å². The molecule has 1 aromatic carbocycles. The first-order valence-corrected chi connectivity index (χ1v) is 6.75. The van der Waals surface area contributed by atoms with E-state index in [1.165, 1.54) is 5.22 Å². The average molecular weight is 289 g/mol. The van der Waals surface area contributed by atoms with Crippen LogP contribution in [-0.2, 0) is 9.59 Å². The first-order chi connectivity index (χ1) is 10.7. The van der Waals surface area contributed by atoms with E-state index < -0.39 is 11.8 Å². The van der Waals surface area contributed by atoms with Gasteiger partial charge in [-0.3, -0.25) is 9.59 Å². The topological polar surface area (TPSA) is 81.0 Å². The first-order valence-electron chi connectivity index (χ1n) is 6.75. The van der Waals surface area contributed by atoms with Crippen molar-refractivity contribution in [2.45, 2.75) is 6.10 Å². The second-order valence-corrected chi connectivity index (χ2v) is 5.25. The van der Waals surface area contributed by atoms with Gasteiger partial charge in [0.05, 0.1) is 5.69 Å². The van der Waals surface area contributed by atoms with Crippen LogP contribution in [0.5, 0.6) is 5.75 Å². The van der Waals surface area contributed by atoms with E-state index in [4.69, 9.17) is 4.74 Å². The number of amides is 2. The molecule has 1 atom stereocenters. The summed E-state index contributed by atoms with van der Waals surface area (Å²) < 4.78 is 5.94. The van der Waals surface area contributed by atoms with Gasteiger partial charge >= 0.3 is 11.8 Å². The van der Waals surface area contributed by atoms with Crippen LogP contribution in [0.3, 0.4) is 0 Å². The van der Waals surface area contributed by atoms with Gasteiger partial charge < -0.3 is 4.74 Å². The van der Waals surface area contributed by atoms with Crippen LogP contribution >= 0.6 is 0 Å². The molecule has 22 heavy (non-hydrogen) atoms. The molecular formula is C16H7N3O3. The summed E-state index contributed by atoms with van der Waals surface area (Å²) in [6, 6.07) is 7.42. The number of benzene rings is 1. The minimum atomic E-state index is -0.892. The molecule has 6 heteroatoms. The minimum Gasteiger partial charge on any atom is -0.479 e. The molecule has 3 heterocycles. The molecule has 1 aromatic heterocycles. The predicted molar refractivity (Wildman–Crippen MR) is 73.7 cm³/mol. The molecule has 6 nitrogen and oxygen atoms in total. The van der Waals surface area contributed by atoms with Gasteiger partial charge in [-0.05, 0) is 29.5 Å². The fourth-order valence-electron chi connectivity index (χ4n) is 2.68. The van der Waals surface area contributed by atoms with Crippen LogP contribution in [0.15, 0.2) is 34.3 Å². The van der Waals surface area contributed by atoms with Gasteiger partial charge in [0.1, 0.15) is 11.1 Å². The number of rotatable bonds is 1. The van der Waals surface area contributed by atoms with Gasteiger partial charge in [0.15, 0.2) is 11.6 Å². The Morgan fingerprint density at radius 2 is 1.77 bits per heavy atom. The first kappa shape index (κ1) is 11.5. The zero-order valence-electron chi connectivity index (χ0n) is 11.1. The minimum absolute atomic E-state index is 0.164. The van der Waals surface area contributed by atoms with Crippen LogP contribution in [0.1, 0.15) is 17.4 Å². The molecule has 104 valence electrons. The lowest BCUT2D eigenvalue weighted by atomic mass is 10.2. The second kappa shape index (κ2) is 3.73. The van der Waals surface area contributed by atoms with Crippen molar-refractivity contribution >= 4 is 24.0 Å². The van der Waals surface area contributed by atoms with Crippen molar-refractivity contribution in [1.29, 1.82) is 0 Å². The van der Waals surface area contributed by atoms with E-state index >= 15 is 0 Å². The molecule has 0 N–H and O–H groups in total. The lowest BCUT2D eigenvalue weighted by Gasteiger charge is -2.10. The Kier molecular flexibility index (Phi) is 1.95. The molecule has 0 radical (unpaired) electrons. The predicted octanol–water partition coefficient (Wildman–Crippen LogP) is -1.56. The van der Waals surface area contributed by atoms with Crippen LogP contribution in [0.4, 0.5) is 0 Å². The van der Waals surface area contributed by atoms with Crippen molar-refractivity contribution in [3.05, 3.63) is 56.8 Å². The highest BCUT2D eigenvalue weighted by molar-refractivity contribution is 6.36. The average Bonchev–Trinajstić information content (AvgIpc) is 3.18. The standard InChI is InChI=1S/C16H7N3O3/c20-15-16(21)19-14-11(18-15)4-3-10(17-14)12-6-8-2-1-7-5-9(7)13(8)22-12/h1-6,12H. The highest BCUT2D eigenvalue weighted by Crippen LogP contribution is 2.28. The van der Waals surface area contributed by atoms with Gasteiger partial charge in [0.25, 0.3) is 0 Å². The number of fused-ring (bicyclic) bond motifs is 4. The molecule has 1 unspecified atom stereocenters. The van der Waals surface area contributed by atoms with E-state index in [9.17, 15) is 9.59 Å². The lowest BCUT2D eigenvalue weighted by molar-refractivity contribution is -0.135. The maximum absolute atomic E-state index is 11.3. The summed E-state index contributed by atoms with van der Waals surface area (Å²) in [6.07, 6.45) is 3.71. The quantitative estimate of drug-likeness (QED) is 0.508. The van der Waals surface area contributed by atoms with Crippen molar-refractivity contribution in [2.75, 3.05) is 0 Å². The monoisotopic (exact) mass is 289 g/mol. The highest BCUT2D eigenvalue weighted by Gasteiger charge is 2.25. The highest BCUT2D eigenvalue weighted by atomic mass is 16.5. The van der Waals surface area contributed by atoms with Crippen molar-refractivity contribution in [3.63, 3.8) is 0 Å². The van der Waals surface area contributed by atoms with Gasteiger partial charge in [-0.2, -0.15) is 4.99 Å². The van der Waals surface area contributed by atoms with E-state index in [0.717, 1.165) is 16.5 Å². The number of hydrogen-bond donors (Lipinski definition) is 0. The van der Waals surface area contributed by atoms with E-state index in [0.29, 0.717) is 11.1 Å². The molecule has 5 rings (SSSR count). The molecule has 0 saturated heterocycles. The Balaban J connectivity index is 1.61. The summed E-state index contributed by atoms with van der Waals surface area (Å²) in [4.78, 5) is 34.2. The molecule has 2 amide bonds. The summed E-state index contributed by atoms with van der Waals surface area (Å²) >= 11 is 0.